The predicted octanol–water partition coefficient (Wildman–Crippen LogP) is 2.11. The molecule has 1 N–H and O–H groups in total. The summed E-state index contributed by atoms with van der Waals surface area (Å²) < 4.78 is 0. The van der Waals surface area contributed by atoms with Gasteiger partial charge < -0.3 is 5.32 Å². The van der Waals surface area contributed by atoms with Gasteiger partial charge in [-0.1, -0.05) is 29.7 Å². The molecule has 0 amide bonds. The van der Waals surface area contributed by atoms with Crippen LogP contribution in [0.3, 0.4) is 0 Å². The Morgan fingerprint density at radius 1 is 1.31 bits per heavy atom. The van der Waals surface area contributed by atoms with E-state index in [0.717, 1.165) is 18.0 Å². The second-order valence-electron chi connectivity index (χ2n) is 2.76. The predicted molar refractivity (Wildman–Crippen MR) is 56.9 cm³/mol. The minimum absolute atomic E-state index is 0.633. The molecule has 1 aromatic rings. The molecule has 0 spiro atoms. The highest BCUT2D eigenvalue weighted by molar-refractivity contribution is 6.30. The van der Waals surface area contributed by atoms with E-state index in [-0.39, 0.29) is 0 Å². The first-order valence-electron chi connectivity index (χ1n) is 4.21. The molecular weight excluding hydrogens is 182 g/mol. The minimum atomic E-state index is 0.633. The van der Waals surface area contributed by atoms with E-state index in [0.29, 0.717) is 6.54 Å². The molecule has 0 bridgehead atoms. The van der Waals surface area contributed by atoms with Crippen molar-refractivity contribution in [2.75, 3.05) is 13.1 Å². The molecule has 0 unspecified atom stereocenters. The van der Waals surface area contributed by atoms with Gasteiger partial charge in [-0.2, -0.15) is 0 Å². The molecule has 0 saturated heterocycles. The number of terminal acetylenes is 1. The number of rotatable bonds is 4. The SMILES string of the molecule is C#CCNCCc1ccc(Cl)cc1. The lowest BCUT2D eigenvalue weighted by Gasteiger charge is -2.01. The van der Waals surface area contributed by atoms with Crippen LogP contribution in [-0.2, 0) is 6.42 Å². The molecule has 1 rings (SSSR count). The highest BCUT2D eigenvalue weighted by Crippen LogP contribution is 2.09. The standard InChI is InChI=1S/C11H12ClN/c1-2-8-13-9-7-10-3-5-11(12)6-4-10/h1,3-6,13H,7-9H2. The summed E-state index contributed by atoms with van der Waals surface area (Å²) in [6.45, 7) is 1.54. The maximum absolute atomic E-state index is 5.75. The van der Waals surface area contributed by atoms with Crippen molar-refractivity contribution >= 4 is 11.6 Å². The summed E-state index contributed by atoms with van der Waals surface area (Å²) in [6.07, 6.45) is 6.08. The molecule has 0 aromatic heterocycles. The van der Waals surface area contributed by atoms with Gasteiger partial charge in [-0.25, -0.2) is 0 Å². The molecule has 0 aliphatic heterocycles. The van der Waals surface area contributed by atoms with Crippen molar-refractivity contribution in [3.05, 3.63) is 34.9 Å². The third-order valence-corrected chi connectivity index (χ3v) is 1.98. The summed E-state index contributed by atoms with van der Waals surface area (Å²) in [6, 6.07) is 7.86. The van der Waals surface area contributed by atoms with E-state index < -0.39 is 0 Å². The van der Waals surface area contributed by atoms with Crippen molar-refractivity contribution < 1.29 is 0 Å². The Balaban J connectivity index is 2.30. The number of halogens is 1. The lowest BCUT2D eigenvalue weighted by Crippen LogP contribution is -2.16. The fraction of sp³-hybridized carbons (Fsp3) is 0.273. The average molecular weight is 194 g/mol. The van der Waals surface area contributed by atoms with Crippen molar-refractivity contribution in [3.8, 4) is 12.3 Å². The molecule has 2 heteroatoms. The maximum atomic E-state index is 5.75. The quantitative estimate of drug-likeness (QED) is 0.571. The molecule has 1 nitrogen and oxygen atoms in total. The largest absolute Gasteiger partial charge is 0.306 e. The van der Waals surface area contributed by atoms with Crippen molar-refractivity contribution in [2.24, 2.45) is 0 Å². The van der Waals surface area contributed by atoms with E-state index in [9.17, 15) is 0 Å². The molecule has 0 aliphatic rings. The van der Waals surface area contributed by atoms with E-state index in [1.807, 2.05) is 24.3 Å². The Hall–Kier alpha value is -0.970. The van der Waals surface area contributed by atoms with Gasteiger partial charge in [-0.05, 0) is 24.1 Å². The third-order valence-electron chi connectivity index (χ3n) is 1.73. The van der Waals surface area contributed by atoms with E-state index in [4.69, 9.17) is 18.0 Å². The summed E-state index contributed by atoms with van der Waals surface area (Å²) in [5, 5.41) is 3.91. The van der Waals surface area contributed by atoms with Gasteiger partial charge in [-0.15, -0.1) is 6.42 Å². The van der Waals surface area contributed by atoms with E-state index in [1.165, 1.54) is 5.56 Å². The third kappa shape index (κ3) is 3.98. The van der Waals surface area contributed by atoms with Crippen LogP contribution in [0.4, 0.5) is 0 Å². The van der Waals surface area contributed by atoms with Crippen molar-refractivity contribution in [3.63, 3.8) is 0 Å². The zero-order valence-electron chi connectivity index (χ0n) is 7.39. The molecule has 0 radical (unpaired) electrons. The molecule has 0 fully saturated rings. The fourth-order valence-corrected chi connectivity index (χ4v) is 1.17. The monoisotopic (exact) mass is 193 g/mol. The van der Waals surface area contributed by atoms with Crippen LogP contribution < -0.4 is 5.32 Å². The van der Waals surface area contributed by atoms with Crippen molar-refractivity contribution in [1.82, 2.24) is 5.32 Å². The smallest absolute Gasteiger partial charge is 0.0573 e. The number of hydrogen-bond acceptors (Lipinski definition) is 1. The summed E-state index contributed by atoms with van der Waals surface area (Å²) >= 11 is 5.75. The first-order valence-corrected chi connectivity index (χ1v) is 4.59. The van der Waals surface area contributed by atoms with E-state index in [2.05, 4.69) is 11.2 Å². The van der Waals surface area contributed by atoms with Crippen LogP contribution in [0.25, 0.3) is 0 Å². The summed E-state index contributed by atoms with van der Waals surface area (Å²) in [5.74, 6) is 2.53. The van der Waals surface area contributed by atoms with Gasteiger partial charge in [0, 0.05) is 11.6 Å². The fourth-order valence-electron chi connectivity index (χ4n) is 1.04. The number of nitrogens with one attached hydrogen (secondary N) is 1. The maximum Gasteiger partial charge on any atom is 0.0573 e. The lowest BCUT2D eigenvalue weighted by atomic mass is 10.1. The van der Waals surface area contributed by atoms with Crippen molar-refractivity contribution in [2.45, 2.75) is 6.42 Å². The molecule has 68 valence electrons. The Morgan fingerprint density at radius 2 is 2.00 bits per heavy atom. The van der Waals surface area contributed by atoms with Crippen LogP contribution >= 0.6 is 11.6 Å². The van der Waals surface area contributed by atoms with Gasteiger partial charge in [-0.3, -0.25) is 0 Å². The van der Waals surface area contributed by atoms with Gasteiger partial charge in [0.2, 0.25) is 0 Å². The van der Waals surface area contributed by atoms with E-state index in [1.54, 1.807) is 0 Å². The minimum Gasteiger partial charge on any atom is -0.306 e. The molecule has 13 heavy (non-hydrogen) atoms. The van der Waals surface area contributed by atoms with Crippen LogP contribution in [0.2, 0.25) is 5.02 Å². The first kappa shape index (κ1) is 10.1. The molecular formula is C11H12ClN. The van der Waals surface area contributed by atoms with Crippen LogP contribution in [0, 0.1) is 12.3 Å². The Bertz CT molecular complexity index is 284. The number of hydrogen-bond donors (Lipinski definition) is 1. The van der Waals surface area contributed by atoms with Crippen LogP contribution in [-0.4, -0.2) is 13.1 Å². The highest BCUT2D eigenvalue weighted by atomic mass is 35.5. The van der Waals surface area contributed by atoms with Crippen LogP contribution in [0.1, 0.15) is 5.56 Å². The first-order chi connectivity index (χ1) is 6.33. The van der Waals surface area contributed by atoms with Crippen LogP contribution in [0.5, 0.6) is 0 Å². The van der Waals surface area contributed by atoms with E-state index >= 15 is 0 Å². The highest BCUT2D eigenvalue weighted by Gasteiger charge is 1.91. The molecule has 0 aliphatic carbocycles. The Kier molecular flexibility index (Phi) is 4.39. The van der Waals surface area contributed by atoms with Crippen molar-refractivity contribution in [1.29, 1.82) is 0 Å². The molecule has 0 atom stereocenters. The molecule has 0 saturated carbocycles. The topological polar surface area (TPSA) is 12.0 Å². The zero-order chi connectivity index (χ0) is 9.52. The summed E-state index contributed by atoms with van der Waals surface area (Å²) in [4.78, 5) is 0. The lowest BCUT2D eigenvalue weighted by molar-refractivity contribution is 0.753. The Labute approximate surface area is 84.1 Å². The zero-order valence-corrected chi connectivity index (χ0v) is 8.14. The normalized spacial score (nSPS) is 9.54. The molecule has 1 aromatic carbocycles. The second kappa shape index (κ2) is 5.64. The second-order valence-corrected chi connectivity index (χ2v) is 3.19. The average Bonchev–Trinajstić information content (AvgIpc) is 2.15. The van der Waals surface area contributed by atoms with Gasteiger partial charge >= 0.3 is 0 Å². The van der Waals surface area contributed by atoms with Gasteiger partial charge in [0.1, 0.15) is 0 Å². The van der Waals surface area contributed by atoms with Crippen LogP contribution in [0.15, 0.2) is 24.3 Å². The van der Waals surface area contributed by atoms with Gasteiger partial charge in [0.05, 0.1) is 6.54 Å². The molecule has 0 heterocycles. The number of benzene rings is 1. The van der Waals surface area contributed by atoms with Gasteiger partial charge in [0.15, 0.2) is 0 Å². The van der Waals surface area contributed by atoms with Gasteiger partial charge in [0.25, 0.3) is 0 Å². The summed E-state index contributed by atoms with van der Waals surface area (Å²) in [5.41, 5.74) is 1.27. The summed E-state index contributed by atoms with van der Waals surface area (Å²) in [7, 11) is 0. The Morgan fingerprint density at radius 3 is 2.62 bits per heavy atom.